The summed E-state index contributed by atoms with van der Waals surface area (Å²) in [6.07, 6.45) is 5.18. The number of hydrogen-bond acceptors (Lipinski definition) is 4. The van der Waals surface area contributed by atoms with Gasteiger partial charge >= 0.3 is 0 Å². The first kappa shape index (κ1) is 18.2. The lowest BCUT2D eigenvalue weighted by molar-refractivity contribution is -0.139. The normalized spacial score (nSPS) is 31.0. The van der Waals surface area contributed by atoms with E-state index in [1.165, 1.54) is 0 Å². The molecule has 130 valence electrons. The first-order chi connectivity index (χ1) is 10.4. The number of morpholine rings is 1. The standard InChI is InChI=1S/C16H32N2O3S/c1-4-9-18-10-11-21-16(13-18)8-6-5-7-15(16)17-22(19,20)12-14(2)3/h14-15,17H,4-13H2,1-3H3/t15-,16+/m0/s1. The van der Waals surface area contributed by atoms with Gasteiger partial charge in [-0.15, -0.1) is 0 Å². The van der Waals surface area contributed by atoms with Crippen LogP contribution in [0.5, 0.6) is 0 Å². The topological polar surface area (TPSA) is 58.6 Å². The van der Waals surface area contributed by atoms with Gasteiger partial charge in [-0.05, 0) is 31.7 Å². The molecule has 0 bridgehead atoms. The van der Waals surface area contributed by atoms with Crippen molar-refractivity contribution in [2.45, 2.75) is 64.5 Å². The first-order valence-electron chi connectivity index (χ1n) is 8.73. The van der Waals surface area contributed by atoms with Gasteiger partial charge in [0, 0.05) is 13.1 Å². The van der Waals surface area contributed by atoms with E-state index < -0.39 is 10.0 Å². The van der Waals surface area contributed by atoms with Crippen molar-refractivity contribution >= 4 is 10.0 Å². The Hall–Kier alpha value is -0.170. The van der Waals surface area contributed by atoms with Crippen LogP contribution >= 0.6 is 0 Å². The molecule has 1 N–H and O–H groups in total. The average Bonchev–Trinajstić information content (AvgIpc) is 2.41. The number of sulfonamides is 1. The van der Waals surface area contributed by atoms with Crippen molar-refractivity contribution in [1.82, 2.24) is 9.62 Å². The second-order valence-corrected chi connectivity index (χ2v) is 9.08. The third kappa shape index (κ3) is 4.66. The van der Waals surface area contributed by atoms with Gasteiger partial charge < -0.3 is 4.74 Å². The van der Waals surface area contributed by atoms with Gasteiger partial charge in [0.1, 0.15) is 0 Å². The van der Waals surface area contributed by atoms with Crippen LogP contribution in [0, 0.1) is 5.92 Å². The van der Waals surface area contributed by atoms with Gasteiger partial charge in [0.25, 0.3) is 0 Å². The largest absolute Gasteiger partial charge is 0.371 e. The summed E-state index contributed by atoms with van der Waals surface area (Å²) < 4.78 is 33.9. The number of hydrogen-bond donors (Lipinski definition) is 1. The smallest absolute Gasteiger partial charge is 0.212 e. The molecule has 2 fully saturated rings. The molecule has 22 heavy (non-hydrogen) atoms. The number of ether oxygens (including phenoxy) is 1. The van der Waals surface area contributed by atoms with E-state index in [1.54, 1.807) is 0 Å². The molecule has 1 saturated heterocycles. The molecule has 5 nitrogen and oxygen atoms in total. The Kier molecular flexibility index (Phi) is 6.28. The van der Waals surface area contributed by atoms with E-state index in [2.05, 4.69) is 16.5 Å². The minimum Gasteiger partial charge on any atom is -0.371 e. The van der Waals surface area contributed by atoms with Crippen molar-refractivity contribution in [3.63, 3.8) is 0 Å². The van der Waals surface area contributed by atoms with E-state index in [0.717, 1.165) is 51.7 Å². The third-order valence-corrected chi connectivity index (χ3v) is 6.43. The highest BCUT2D eigenvalue weighted by Gasteiger charge is 2.46. The van der Waals surface area contributed by atoms with Crippen molar-refractivity contribution in [1.29, 1.82) is 0 Å². The Balaban J connectivity index is 2.10. The zero-order valence-electron chi connectivity index (χ0n) is 14.3. The zero-order chi connectivity index (χ0) is 16.2. The van der Waals surface area contributed by atoms with E-state index in [-0.39, 0.29) is 23.3 Å². The minimum atomic E-state index is -3.23. The zero-order valence-corrected chi connectivity index (χ0v) is 15.1. The monoisotopic (exact) mass is 332 g/mol. The van der Waals surface area contributed by atoms with Crippen LogP contribution in [-0.2, 0) is 14.8 Å². The molecule has 2 atom stereocenters. The van der Waals surface area contributed by atoms with Gasteiger partial charge in [0.15, 0.2) is 0 Å². The molecule has 0 aromatic heterocycles. The van der Waals surface area contributed by atoms with Gasteiger partial charge in [-0.3, -0.25) is 4.90 Å². The summed E-state index contributed by atoms with van der Waals surface area (Å²) in [7, 11) is -3.23. The van der Waals surface area contributed by atoms with E-state index in [1.807, 2.05) is 13.8 Å². The molecule has 1 saturated carbocycles. The molecule has 1 heterocycles. The summed E-state index contributed by atoms with van der Waals surface area (Å²) >= 11 is 0. The summed E-state index contributed by atoms with van der Waals surface area (Å²) in [5, 5.41) is 0. The fourth-order valence-electron chi connectivity index (χ4n) is 3.83. The lowest BCUT2D eigenvalue weighted by Crippen LogP contribution is -2.64. The highest BCUT2D eigenvalue weighted by molar-refractivity contribution is 7.89. The van der Waals surface area contributed by atoms with E-state index in [0.29, 0.717) is 6.61 Å². The molecule has 1 aliphatic heterocycles. The van der Waals surface area contributed by atoms with Crippen LogP contribution in [0.3, 0.4) is 0 Å². The van der Waals surface area contributed by atoms with Crippen molar-refractivity contribution in [3.05, 3.63) is 0 Å². The summed E-state index contributed by atoms with van der Waals surface area (Å²) in [5.74, 6) is 0.332. The van der Waals surface area contributed by atoms with Gasteiger partial charge in [0.2, 0.25) is 10.0 Å². The van der Waals surface area contributed by atoms with Crippen molar-refractivity contribution < 1.29 is 13.2 Å². The van der Waals surface area contributed by atoms with Crippen molar-refractivity contribution in [2.75, 3.05) is 32.0 Å². The molecule has 1 spiro atoms. The lowest BCUT2D eigenvalue weighted by atomic mass is 9.79. The van der Waals surface area contributed by atoms with Crippen LogP contribution in [0.15, 0.2) is 0 Å². The Labute approximate surface area is 135 Å². The molecule has 2 rings (SSSR count). The van der Waals surface area contributed by atoms with E-state index >= 15 is 0 Å². The van der Waals surface area contributed by atoms with E-state index in [4.69, 9.17) is 4.74 Å². The molecular formula is C16H32N2O3S. The van der Waals surface area contributed by atoms with Crippen LogP contribution in [0.2, 0.25) is 0 Å². The second kappa shape index (κ2) is 7.60. The predicted octanol–water partition coefficient (Wildman–Crippen LogP) is 1.99. The summed E-state index contributed by atoms with van der Waals surface area (Å²) in [6, 6.07) is -0.0790. The average molecular weight is 333 g/mol. The molecule has 2 aliphatic rings. The fourth-order valence-corrected chi connectivity index (χ4v) is 5.57. The molecular weight excluding hydrogens is 300 g/mol. The molecule has 0 amide bonds. The SMILES string of the molecule is CCCN1CCO[C@]2(CCCC[C@@H]2NS(=O)(=O)CC(C)C)C1. The van der Waals surface area contributed by atoms with Gasteiger partial charge in [0.05, 0.1) is 24.0 Å². The van der Waals surface area contributed by atoms with E-state index in [9.17, 15) is 8.42 Å². The van der Waals surface area contributed by atoms with Crippen LogP contribution in [0.1, 0.15) is 52.9 Å². The Morgan fingerprint density at radius 3 is 2.82 bits per heavy atom. The van der Waals surface area contributed by atoms with Crippen LogP contribution in [0.4, 0.5) is 0 Å². The third-order valence-electron chi connectivity index (χ3n) is 4.68. The summed E-state index contributed by atoms with van der Waals surface area (Å²) in [4.78, 5) is 2.43. The molecule has 0 unspecified atom stereocenters. The second-order valence-electron chi connectivity index (χ2n) is 7.28. The predicted molar refractivity (Wildman–Crippen MR) is 89.4 cm³/mol. The lowest BCUT2D eigenvalue weighted by Gasteiger charge is -2.49. The van der Waals surface area contributed by atoms with Gasteiger partial charge in [-0.1, -0.05) is 33.6 Å². The molecule has 0 radical (unpaired) electrons. The number of nitrogens with zero attached hydrogens (tertiary/aromatic N) is 1. The van der Waals surface area contributed by atoms with Crippen LogP contribution in [-0.4, -0.2) is 57.0 Å². The quantitative estimate of drug-likeness (QED) is 0.808. The maximum absolute atomic E-state index is 12.4. The Bertz CT molecular complexity index is 446. The Morgan fingerprint density at radius 2 is 2.14 bits per heavy atom. The number of nitrogens with one attached hydrogen (secondary N) is 1. The highest BCUT2D eigenvalue weighted by atomic mass is 32.2. The fraction of sp³-hybridized carbons (Fsp3) is 1.00. The van der Waals surface area contributed by atoms with Gasteiger partial charge in [-0.2, -0.15) is 0 Å². The molecule has 1 aliphatic carbocycles. The molecule has 6 heteroatoms. The maximum Gasteiger partial charge on any atom is 0.212 e. The molecule has 0 aromatic carbocycles. The summed E-state index contributed by atoms with van der Waals surface area (Å²) in [6.45, 7) is 9.66. The summed E-state index contributed by atoms with van der Waals surface area (Å²) in [5.41, 5.74) is -0.324. The minimum absolute atomic E-state index is 0.0790. The highest BCUT2D eigenvalue weighted by Crippen LogP contribution is 2.35. The molecule has 0 aromatic rings. The Morgan fingerprint density at radius 1 is 1.36 bits per heavy atom. The first-order valence-corrected chi connectivity index (χ1v) is 10.4. The maximum atomic E-state index is 12.4. The van der Waals surface area contributed by atoms with Crippen molar-refractivity contribution in [2.24, 2.45) is 5.92 Å². The van der Waals surface area contributed by atoms with Gasteiger partial charge in [-0.25, -0.2) is 13.1 Å². The van der Waals surface area contributed by atoms with Crippen LogP contribution in [0.25, 0.3) is 0 Å². The van der Waals surface area contributed by atoms with Crippen LogP contribution < -0.4 is 4.72 Å². The number of rotatable bonds is 6. The van der Waals surface area contributed by atoms with Crippen molar-refractivity contribution in [3.8, 4) is 0 Å².